The number of benzene rings is 2. The van der Waals surface area contributed by atoms with E-state index in [0.717, 1.165) is 43.0 Å². The van der Waals surface area contributed by atoms with Crippen molar-refractivity contribution in [1.82, 2.24) is 14.3 Å². The van der Waals surface area contributed by atoms with E-state index in [4.69, 9.17) is 32.5 Å². The molecule has 1 fully saturated rings. The van der Waals surface area contributed by atoms with E-state index in [1.165, 1.54) is 4.90 Å². The molecule has 1 aromatic heterocycles. The number of carbonyl (C=O) groups excluding carboxylic acids is 1. The van der Waals surface area contributed by atoms with Crippen LogP contribution in [-0.2, 0) is 11.5 Å². The zero-order chi connectivity index (χ0) is 22.7. The van der Waals surface area contributed by atoms with Gasteiger partial charge in [-0.1, -0.05) is 18.2 Å². The number of methoxy groups -OCH3 is 2. The van der Waals surface area contributed by atoms with Crippen LogP contribution in [-0.4, -0.2) is 47.6 Å². The Morgan fingerprint density at radius 1 is 1.12 bits per heavy atom. The minimum Gasteiger partial charge on any atom is -0.493 e. The van der Waals surface area contributed by atoms with E-state index < -0.39 is 0 Å². The molecule has 3 aromatic rings. The molecule has 8 nitrogen and oxygen atoms in total. The van der Waals surface area contributed by atoms with Crippen LogP contribution in [0.3, 0.4) is 0 Å². The monoisotopic (exact) mass is 454 g/mol. The summed E-state index contributed by atoms with van der Waals surface area (Å²) >= 11 is 5.86. The highest BCUT2D eigenvalue weighted by molar-refractivity contribution is 7.71. The maximum Gasteiger partial charge on any atom is 0.220 e. The van der Waals surface area contributed by atoms with Crippen LogP contribution >= 0.6 is 12.2 Å². The number of hydrogen-bond acceptors (Lipinski definition) is 5. The van der Waals surface area contributed by atoms with Gasteiger partial charge in [0.15, 0.2) is 24.0 Å². The molecule has 32 heavy (non-hydrogen) atoms. The number of primary amides is 1. The van der Waals surface area contributed by atoms with Gasteiger partial charge in [0.2, 0.25) is 10.7 Å². The lowest BCUT2D eigenvalue weighted by atomic mass is 9.97. The van der Waals surface area contributed by atoms with Gasteiger partial charge in [0.25, 0.3) is 0 Å². The SMILES string of the molecule is COc1ccc(-c2nn(C[NH+]3CCC(C(N)=O)CC3)c(=S)n2-c2ccccc2)cc1OC. The molecule has 1 aliphatic heterocycles. The fourth-order valence-corrected chi connectivity index (χ4v) is 4.46. The minimum absolute atomic E-state index is 0.0316. The number of nitrogens with one attached hydrogen (secondary N) is 1. The van der Waals surface area contributed by atoms with Gasteiger partial charge < -0.3 is 20.1 Å². The molecule has 4 rings (SSSR count). The first-order valence-corrected chi connectivity index (χ1v) is 11.0. The molecule has 0 atom stereocenters. The first kappa shape index (κ1) is 22.0. The zero-order valence-electron chi connectivity index (χ0n) is 18.3. The Hall–Kier alpha value is -3.17. The number of piperidine rings is 1. The molecule has 0 aliphatic carbocycles. The first-order chi connectivity index (χ1) is 15.5. The second kappa shape index (κ2) is 9.54. The third kappa shape index (κ3) is 4.39. The third-order valence-corrected chi connectivity index (χ3v) is 6.36. The molecule has 0 spiro atoms. The van der Waals surface area contributed by atoms with E-state index in [0.29, 0.717) is 22.9 Å². The summed E-state index contributed by atoms with van der Waals surface area (Å²) in [6.45, 7) is 2.35. The van der Waals surface area contributed by atoms with Gasteiger partial charge in [-0.3, -0.25) is 9.36 Å². The van der Waals surface area contributed by atoms with Crippen LogP contribution in [0.2, 0.25) is 0 Å². The summed E-state index contributed by atoms with van der Waals surface area (Å²) in [7, 11) is 3.23. The normalized spacial score (nSPS) is 18.3. The Morgan fingerprint density at radius 2 is 1.81 bits per heavy atom. The molecular formula is C23H28N5O3S+. The minimum atomic E-state index is -0.204. The highest BCUT2D eigenvalue weighted by atomic mass is 32.1. The van der Waals surface area contributed by atoms with E-state index in [9.17, 15) is 4.79 Å². The Morgan fingerprint density at radius 3 is 2.44 bits per heavy atom. The smallest absolute Gasteiger partial charge is 0.220 e. The van der Waals surface area contributed by atoms with Crippen molar-refractivity contribution in [2.75, 3.05) is 27.3 Å². The fraction of sp³-hybridized carbons (Fsp3) is 0.348. The zero-order valence-corrected chi connectivity index (χ0v) is 19.1. The number of carbonyl (C=O) groups is 1. The van der Waals surface area contributed by atoms with E-state index in [2.05, 4.69) is 0 Å². The van der Waals surface area contributed by atoms with Crippen LogP contribution in [0.15, 0.2) is 48.5 Å². The number of aromatic nitrogens is 3. The molecule has 9 heteroatoms. The molecule has 2 aromatic carbocycles. The summed E-state index contributed by atoms with van der Waals surface area (Å²) in [6, 6.07) is 15.7. The average Bonchev–Trinajstić information content (AvgIpc) is 3.15. The van der Waals surface area contributed by atoms with E-state index in [1.807, 2.05) is 57.8 Å². The first-order valence-electron chi connectivity index (χ1n) is 10.6. The number of likely N-dealkylation sites (tertiary alicyclic amines) is 1. The van der Waals surface area contributed by atoms with Crippen LogP contribution in [0.1, 0.15) is 12.8 Å². The summed E-state index contributed by atoms with van der Waals surface area (Å²) < 4.78 is 15.3. The van der Waals surface area contributed by atoms with Crippen molar-refractivity contribution in [3.8, 4) is 28.6 Å². The number of hydrogen-bond donors (Lipinski definition) is 2. The van der Waals surface area contributed by atoms with Crippen molar-refractivity contribution in [3.05, 3.63) is 53.3 Å². The molecule has 168 valence electrons. The van der Waals surface area contributed by atoms with Crippen molar-refractivity contribution < 1.29 is 19.2 Å². The number of nitrogens with zero attached hydrogens (tertiary/aromatic N) is 3. The number of ether oxygens (including phenoxy) is 2. The van der Waals surface area contributed by atoms with Crippen molar-refractivity contribution in [2.45, 2.75) is 19.5 Å². The number of quaternary nitrogens is 1. The fourth-order valence-electron chi connectivity index (χ4n) is 4.16. The largest absolute Gasteiger partial charge is 0.493 e. The Labute approximate surface area is 192 Å². The summed E-state index contributed by atoms with van der Waals surface area (Å²) in [5, 5.41) is 4.90. The number of nitrogens with two attached hydrogens (primary N) is 1. The summed E-state index contributed by atoms with van der Waals surface area (Å²) in [5.74, 6) is 1.78. The van der Waals surface area contributed by atoms with Crippen LogP contribution in [0.25, 0.3) is 17.1 Å². The Kier molecular flexibility index (Phi) is 6.57. The van der Waals surface area contributed by atoms with Crippen LogP contribution in [0.4, 0.5) is 0 Å². The van der Waals surface area contributed by atoms with Crippen LogP contribution < -0.4 is 20.1 Å². The molecule has 0 bridgehead atoms. The van der Waals surface area contributed by atoms with Gasteiger partial charge in [0, 0.05) is 30.0 Å². The molecule has 1 saturated heterocycles. The predicted octanol–water partition coefficient (Wildman–Crippen LogP) is 1.83. The lowest BCUT2D eigenvalue weighted by Crippen LogP contribution is -3.12. The second-order valence-corrected chi connectivity index (χ2v) is 8.30. The highest BCUT2D eigenvalue weighted by Gasteiger charge is 2.27. The third-order valence-electron chi connectivity index (χ3n) is 5.96. The average molecular weight is 455 g/mol. The second-order valence-electron chi connectivity index (χ2n) is 7.93. The van der Waals surface area contributed by atoms with Gasteiger partial charge in [-0.15, -0.1) is 5.10 Å². The lowest BCUT2D eigenvalue weighted by molar-refractivity contribution is -0.928. The summed E-state index contributed by atoms with van der Waals surface area (Å²) in [5.41, 5.74) is 7.30. The molecule has 2 heterocycles. The predicted molar refractivity (Wildman–Crippen MR) is 124 cm³/mol. The molecule has 3 N–H and O–H groups in total. The van der Waals surface area contributed by atoms with Gasteiger partial charge in [-0.2, -0.15) is 4.68 Å². The summed E-state index contributed by atoms with van der Waals surface area (Å²) in [6.07, 6.45) is 1.58. The number of para-hydroxylation sites is 1. The molecule has 1 amide bonds. The standard InChI is InChI=1S/C23H27N5O3S/c1-30-19-9-8-17(14-20(19)31-2)22-25-27(15-26-12-10-16(11-13-26)21(24)29)23(32)28(22)18-6-4-3-5-7-18/h3-9,14,16H,10-13,15H2,1-2H3,(H2,24,29)/p+1. The molecule has 0 unspecified atom stereocenters. The maximum absolute atomic E-state index is 11.5. The lowest BCUT2D eigenvalue weighted by Gasteiger charge is -2.27. The molecule has 0 radical (unpaired) electrons. The van der Waals surface area contributed by atoms with E-state index in [1.54, 1.807) is 14.2 Å². The van der Waals surface area contributed by atoms with Gasteiger partial charge >= 0.3 is 0 Å². The maximum atomic E-state index is 11.5. The number of rotatable bonds is 7. The van der Waals surface area contributed by atoms with Gasteiger partial charge in [0.05, 0.1) is 27.3 Å². The number of amides is 1. The van der Waals surface area contributed by atoms with Gasteiger partial charge in [0.1, 0.15) is 0 Å². The van der Waals surface area contributed by atoms with Gasteiger partial charge in [-0.25, -0.2) is 0 Å². The van der Waals surface area contributed by atoms with Crippen LogP contribution in [0, 0.1) is 10.7 Å². The molecule has 0 saturated carbocycles. The van der Waals surface area contributed by atoms with E-state index in [-0.39, 0.29) is 11.8 Å². The van der Waals surface area contributed by atoms with Crippen molar-refractivity contribution in [1.29, 1.82) is 0 Å². The Bertz CT molecular complexity index is 1150. The molecular weight excluding hydrogens is 426 g/mol. The van der Waals surface area contributed by atoms with Gasteiger partial charge in [-0.05, 0) is 42.5 Å². The van der Waals surface area contributed by atoms with Crippen molar-refractivity contribution >= 4 is 18.1 Å². The summed E-state index contributed by atoms with van der Waals surface area (Å²) in [4.78, 5) is 12.8. The van der Waals surface area contributed by atoms with Crippen molar-refractivity contribution in [3.63, 3.8) is 0 Å². The van der Waals surface area contributed by atoms with Crippen molar-refractivity contribution in [2.24, 2.45) is 11.7 Å². The van der Waals surface area contributed by atoms with E-state index >= 15 is 0 Å². The van der Waals surface area contributed by atoms with Crippen LogP contribution in [0.5, 0.6) is 11.5 Å². The highest BCUT2D eigenvalue weighted by Crippen LogP contribution is 2.32. The topological polar surface area (TPSA) is 88.7 Å². The molecule has 1 aliphatic rings. The quantitative estimate of drug-likeness (QED) is 0.532. The Balaban J connectivity index is 1.72.